The number of nitrogens with one attached hydrogen (secondary N) is 1. The quantitative estimate of drug-likeness (QED) is 0.817. The molecule has 0 radical (unpaired) electrons. The molecule has 2 rings (SSSR count). The molecule has 1 saturated carbocycles. The lowest BCUT2D eigenvalue weighted by molar-refractivity contribution is 0.172. The lowest BCUT2D eigenvalue weighted by atomic mass is 9.82. The Morgan fingerprint density at radius 1 is 1.25 bits per heavy atom. The van der Waals surface area contributed by atoms with E-state index in [1.807, 2.05) is 6.92 Å². The van der Waals surface area contributed by atoms with E-state index in [9.17, 15) is 5.11 Å². The van der Waals surface area contributed by atoms with Gasteiger partial charge in [-0.25, -0.2) is 9.97 Å². The van der Waals surface area contributed by atoms with Crippen LogP contribution in [0.3, 0.4) is 0 Å². The molecule has 112 valence electrons. The van der Waals surface area contributed by atoms with Gasteiger partial charge in [0.15, 0.2) is 0 Å². The Labute approximate surface area is 126 Å². The van der Waals surface area contributed by atoms with Crippen LogP contribution in [0.25, 0.3) is 0 Å². The van der Waals surface area contributed by atoms with E-state index >= 15 is 0 Å². The fourth-order valence-corrected chi connectivity index (χ4v) is 2.98. The minimum Gasteiger partial charge on any atom is -0.394 e. The number of anilines is 1. The summed E-state index contributed by atoms with van der Waals surface area (Å²) in [6.45, 7) is 4.16. The van der Waals surface area contributed by atoms with E-state index in [0.29, 0.717) is 5.15 Å². The molecule has 0 spiro atoms. The molecule has 0 aliphatic heterocycles. The van der Waals surface area contributed by atoms with Gasteiger partial charge < -0.3 is 10.4 Å². The number of aliphatic hydroxyl groups excluding tert-OH is 1. The molecule has 0 saturated heterocycles. The van der Waals surface area contributed by atoms with Crippen molar-refractivity contribution in [3.63, 3.8) is 0 Å². The van der Waals surface area contributed by atoms with Gasteiger partial charge in [-0.1, -0.05) is 37.8 Å². The predicted molar refractivity (Wildman–Crippen MR) is 82.3 cm³/mol. The zero-order valence-corrected chi connectivity index (χ0v) is 13.1. The maximum Gasteiger partial charge on any atom is 0.137 e. The van der Waals surface area contributed by atoms with Gasteiger partial charge in [-0.05, 0) is 26.2 Å². The van der Waals surface area contributed by atoms with Gasteiger partial charge in [0.2, 0.25) is 0 Å². The normalized spacial score (nSPS) is 18.0. The molecule has 5 heteroatoms. The van der Waals surface area contributed by atoms with Crippen molar-refractivity contribution in [2.75, 3.05) is 11.9 Å². The number of nitrogens with zero attached hydrogens (tertiary/aromatic N) is 2. The van der Waals surface area contributed by atoms with Crippen LogP contribution >= 0.6 is 11.6 Å². The summed E-state index contributed by atoms with van der Waals surface area (Å²) in [5.74, 6) is 1.55. The number of hydrogen-bond acceptors (Lipinski definition) is 4. The zero-order chi connectivity index (χ0) is 14.6. The number of aryl methyl sites for hydroxylation is 1. The topological polar surface area (TPSA) is 58.0 Å². The Bertz CT molecular complexity index is 459. The highest BCUT2D eigenvalue weighted by Gasteiger charge is 2.32. The van der Waals surface area contributed by atoms with Crippen LogP contribution in [0, 0.1) is 6.92 Å². The molecule has 1 aliphatic carbocycles. The van der Waals surface area contributed by atoms with E-state index < -0.39 is 0 Å². The highest BCUT2D eigenvalue weighted by atomic mass is 35.5. The summed E-state index contributed by atoms with van der Waals surface area (Å²) < 4.78 is 0. The first-order chi connectivity index (χ1) is 9.60. The standard InChI is InChI=1S/C15H24ClN3O/c1-3-7-12-17-13(16)11(2)14(18-12)19-15(10-20)8-5-4-6-9-15/h20H,3-10H2,1-2H3,(H,17,18,19). The van der Waals surface area contributed by atoms with Crippen LogP contribution in [0.5, 0.6) is 0 Å². The summed E-state index contributed by atoms with van der Waals surface area (Å²) in [5.41, 5.74) is 0.620. The molecular formula is C15H24ClN3O. The second kappa shape index (κ2) is 6.72. The molecule has 1 heterocycles. The van der Waals surface area contributed by atoms with E-state index in [4.69, 9.17) is 11.6 Å². The summed E-state index contributed by atoms with van der Waals surface area (Å²) >= 11 is 6.21. The van der Waals surface area contributed by atoms with E-state index in [1.54, 1.807) is 0 Å². The first-order valence-corrected chi connectivity index (χ1v) is 7.90. The smallest absolute Gasteiger partial charge is 0.137 e. The average molecular weight is 298 g/mol. The van der Waals surface area contributed by atoms with E-state index in [-0.39, 0.29) is 12.1 Å². The highest BCUT2D eigenvalue weighted by molar-refractivity contribution is 6.30. The largest absolute Gasteiger partial charge is 0.394 e. The summed E-state index contributed by atoms with van der Waals surface area (Å²) in [6, 6.07) is 0. The van der Waals surface area contributed by atoms with Gasteiger partial charge in [0.05, 0.1) is 12.1 Å². The van der Waals surface area contributed by atoms with Gasteiger partial charge in [-0.15, -0.1) is 0 Å². The van der Waals surface area contributed by atoms with E-state index in [1.165, 1.54) is 6.42 Å². The first-order valence-electron chi connectivity index (χ1n) is 7.52. The number of halogens is 1. The van der Waals surface area contributed by atoms with Gasteiger partial charge in [0.25, 0.3) is 0 Å². The van der Waals surface area contributed by atoms with Crippen LogP contribution < -0.4 is 5.32 Å². The van der Waals surface area contributed by atoms with Crippen molar-refractivity contribution in [2.45, 2.75) is 64.3 Å². The summed E-state index contributed by atoms with van der Waals surface area (Å²) in [7, 11) is 0. The maximum atomic E-state index is 9.80. The Morgan fingerprint density at radius 3 is 2.55 bits per heavy atom. The maximum absolute atomic E-state index is 9.80. The SMILES string of the molecule is CCCc1nc(Cl)c(C)c(NC2(CO)CCCCC2)n1. The molecule has 4 nitrogen and oxygen atoms in total. The molecule has 0 unspecified atom stereocenters. The third kappa shape index (κ3) is 3.41. The highest BCUT2D eigenvalue weighted by Crippen LogP contribution is 2.32. The number of hydrogen-bond donors (Lipinski definition) is 2. The Balaban J connectivity index is 2.26. The van der Waals surface area contributed by atoms with Gasteiger partial charge in [0, 0.05) is 12.0 Å². The molecule has 1 aromatic rings. The second-order valence-corrected chi connectivity index (χ2v) is 6.14. The fraction of sp³-hybridized carbons (Fsp3) is 0.733. The zero-order valence-electron chi connectivity index (χ0n) is 12.4. The lowest BCUT2D eigenvalue weighted by Gasteiger charge is -2.37. The third-order valence-corrected chi connectivity index (χ3v) is 4.47. The molecule has 0 bridgehead atoms. The second-order valence-electron chi connectivity index (χ2n) is 5.78. The molecule has 1 fully saturated rings. The van der Waals surface area contributed by atoms with Crippen LogP contribution in [0.1, 0.15) is 56.8 Å². The van der Waals surface area contributed by atoms with Crippen molar-refractivity contribution in [3.05, 3.63) is 16.5 Å². The Hall–Kier alpha value is -0.870. The van der Waals surface area contributed by atoms with Crippen LogP contribution in [-0.2, 0) is 6.42 Å². The molecule has 20 heavy (non-hydrogen) atoms. The van der Waals surface area contributed by atoms with Crippen LogP contribution in [0.2, 0.25) is 5.15 Å². The Kier molecular flexibility index (Phi) is 5.22. The Morgan fingerprint density at radius 2 is 1.95 bits per heavy atom. The molecule has 2 N–H and O–H groups in total. The number of aliphatic hydroxyl groups is 1. The molecule has 0 aromatic carbocycles. The summed E-state index contributed by atoms with van der Waals surface area (Å²) in [4.78, 5) is 8.91. The lowest BCUT2D eigenvalue weighted by Crippen LogP contribution is -2.44. The van der Waals surface area contributed by atoms with Gasteiger partial charge in [-0.2, -0.15) is 0 Å². The van der Waals surface area contributed by atoms with Crippen molar-refractivity contribution in [1.29, 1.82) is 0 Å². The third-order valence-electron chi connectivity index (χ3n) is 4.10. The van der Waals surface area contributed by atoms with Gasteiger partial charge in [0.1, 0.15) is 16.8 Å². The average Bonchev–Trinajstić information content (AvgIpc) is 2.45. The molecular weight excluding hydrogens is 274 g/mol. The van der Waals surface area contributed by atoms with Gasteiger partial charge >= 0.3 is 0 Å². The summed E-state index contributed by atoms with van der Waals surface area (Å²) in [5, 5.41) is 13.8. The van der Waals surface area contributed by atoms with Crippen LogP contribution in [-0.4, -0.2) is 27.2 Å². The fourth-order valence-electron chi connectivity index (χ4n) is 2.79. The predicted octanol–water partition coefficient (Wildman–Crippen LogP) is 3.50. The minimum atomic E-state index is -0.246. The van der Waals surface area contributed by atoms with Crippen molar-refractivity contribution in [1.82, 2.24) is 9.97 Å². The molecule has 1 aliphatic rings. The van der Waals surface area contributed by atoms with Crippen molar-refractivity contribution in [2.24, 2.45) is 0 Å². The summed E-state index contributed by atoms with van der Waals surface area (Å²) in [6.07, 6.45) is 7.31. The van der Waals surface area contributed by atoms with Crippen molar-refractivity contribution < 1.29 is 5.11 Å². The minimum absolute atomic E-state index is 0.136. The van der Waals surface area contributed by atoms with E-state index in [0.717, 1.165) is 55.7 Å². The molecule has 1 aromatic heterocycles. The van der Waals surface area contributed by atoms with Crippen molar-refractivity contribution in [3.8, 4) is 0 Å². The van der Waals surface area contributed by atoms with Crippen molar-refractivity contribution >= 4 is 17.4 Å². The van der Waals surface area contributed by atoms with Crippen LogP contribution in [0.4, 0.5) is 5.82 Å². The number of aromatic nitrogens is 2. The monoisotopic (exact) mass is 297 g/mol. The van der Waals surface area contributed by atoms with Gasteiger partial charge in [-0.3, -0.25) is 0 Å². The van der Waals surface area contributed by atoms with Crippen LogP contribution in [0.15, 0.2) is 0 Å². The van der Waals surface area contributed by atoms with E-state index in [2.05, 4.69) is 22.2 Å². The molecule has 0 amide bonds. The number of rotatable bonds is 5. The molecule has 0 atom stereocenters. The first kappa shape index (κ1) is 15.5.